The lowest BCUT2D eigenvalue weighted by Gasteiger charge is -2.09. The predicted octanol–water partition coefficient (Wildman–Crippen LogP) is 3.50. The summed E-state index contributed by atoms with van der Waals surface area (Å²) in [5, 5.41) is 21.9. The molecule has 0 aromatic heterocycles. The van der Waals surface area contributed by atoms with Gasteiger partial charge in [-0.2, -0.15) is 0 Å². The molecule has 0 saturated carbocycles. The Labute approximate surface area is 108 Å². The Morgan fingerprint density at radius 1 is 1.11 bits per heavy atom. The lowest BCUT2D eigenvalue weighted by Crippen LogP contribution is -2.01. The fourth-order valence-corrected chi connectivity index (χ4v) is 1.68. The van der Waals surface area contributed by atoms with Crippen molar-refractivity contribution in [2.75, 3.05) is 5.32 Å². The van der Waals surface area contributed by atoms with E-state index >= 15 is 0 Å². The molecule has 18 heavy (non-hydrogen) atoms. The van der Waals surface area contributed by atoms with Gasteiger partial charge in [0.1, 0.15) is 17.3 Å². The van der Waals surface area contributed by atoms with Crippen molar-refractivity contribution in [3.05, 3.63) is 52.8 Å². The van der Waals surface area contributed by atoms with Crippen LogP contribution in [-0.2, 0) is 6.54 Å². The third kappa shape index (κ3) is 2.84. The minimum atomic E-state index is -0.458. The molecular formula is C13H11ClFNO2. The summed E-state index contributed by atoms with van der Waals surface area (Å²) in [7, 11) is 0. The lowest BCUT2D eigenvalue weighted by molar-refractivity contribution is 0.446. The predicted molar refractivity (Wildman–Crippen MR) is 68.5 cm³/mol. The first-order chi connectivity index (χ1) is 8.56. The molecule has 3 nitrogen and oxygen atoms in total. The van der Waals surface area contributed by atoms with Crippen molar-refractivity contribution >= 4 is 17.3 Å². The van der Waals surface area contributed by atoms with E-state index in [1.54, 1.807) is 12.1 Å². The van der Waals surface area contributed by atoms with Crippen LogP contribution in [-0.4, -0.2) is 10.2 Å². The standard InChI is InChI=1S/C13H11ClFNO2/c14-9-2-4-12(11(15)5-9)16-7-8-1-3-10(17)6-13(8)18/h1-6,16-18H,7H2. The van der Waals surface area contributed by atoms with Gasteiger partial charge in [-0.25, -0.2) is 4.39 Å². The number of hydrogen-bond acceptors (Lipinski definition) is 3. The van der Waals surface area contributed by atoms with Gasteiger partial charge < -0.3 is 15.5 Å². The van der Waals surface area contributed by atoms with Gasteiger partial charge in [0.25, 0.3) is 0 Å². The van der Waals surface area contributed by atoms with Crippen molar-refractivity contribution < 1.29 is 14.6 Å². The number of rotatable bonds is 3. The van der Waals surface area contributed by atoms with Gasteiger partial charge >= 0.3 is 0 Å². The SMILES string of the molecule is Oc1ccc(CNc2ccc(Cl)cc2F)c(O)c1. The number of halogens is 2. The van der Waals surface area contributed by atoms with Gasteiger partial charge in [-0.1, -0.05) is 11.6 Å². The number of benzene rings is 2. The van der Waals surface area contributed by atoms with Gasteiger partial charge in [-0.05, 0) is 30.3 Å². The van der Waals surface area contributed by atoms with Gasteiger partial charge in [0.15, 0.2) is 0 Å². The maximum absolute atomic E-state index is 13.5. The molecule has 0 radical (unpaired) electrons. The Bertz CT molecular complexity index is 523. The smallest absolute Gasteiger partial charge is 0.147 e. The minimum Gasteiger partial charge on any atom is -0.508 e. The zero-order chi connectivity index (χ0) is 13.1. The third-order valence-corrected chi connectivity index (χ3v) is 2.70. The highest BCUT2D eigenvalue weighted by Gasteiger charge is 2.05. The van der Waals surface area contributed by atoms with Gasteiger partial charge in [-0.3, -0.25) is 0 Å². The van der Waals surface area contributed by atoms with E-state index in [-0.39, 0.29) is 18.0 Å². The fourth-order valence-electron chi connectivity index (χ4n) is 1.53. The van der Waals surface area contributed by atoms with E-state index in [1.165, 1.54) is 24.3 Å². The number of hydrogen-bond donors (Lipinski definition) is 3. The number of phenols is 2. The topological polar surface area (TPSA) is 52.5 Å². The van der Waals surface area contributed by atoms with Crippen molar-refractivity contribution in [3.8, 4) is 11.5 Å². The summed E-state index contributed by atoms with van der Waals surface area (Å²) in [6.45, 7) is 0.241. The molecule has 0 amide bonds. The highest BCUT2D eigenvalue weighted by molar-refractivity contribution is 6.30. The van der Waals surface area contributed by atoms with E-state index < -0.39 is 5.82 Å². The highest BCUT2D eigenvalue weighted by atomic mass is 35.5. The molecule has 2 rings (SSSR count). The van der Waals surface area contributed by atoms with Crippen LogP contribution in [0.4, 0.5) is 10.1 Å². The Morgan fingerprint density at radius 3 is 2.56 bits per heavy atom. The molecule has 0 atom stereocenters. The molecule has 0 saturated heterocycles. The first-order valence-corrected chi connectivity index (χ1v) is 5.64. The van der Waals surface area contributed by atoms with E-state index in [0.29, 0.717) is 16.3 Å². The van der Waals surface area contributed by atoms with Crippen LogP contribution < -0.4 is 5.32 Å². The average molecular weight is 268 g/mol. The Kier molecular flexibility index (Phi) is 3.58. The number of aromatic hydroxyl groups is 2. The summed E-state index contributed by atoms with van der Waals surface area (Å²) in [5.41, 5.74) is 0.856. The van der Waals surface area contributed by atoms with Crippen molar-refractivity contribution in [3.63, 3.8) is 0 Å². The molecule has 0 unspecified atom stereocenters. The molecule has 0 aliphatic rings. The third-order valence-electron chi connectivity index (χ3n) is 2.47. The molecule has 0 spiro atoms. The molecule has 0 heterocycles. The van der Waals surface area contributed by atoms with E-state index in [4.69, 9.17) is 16.7 Å². The second-order valence-corrected chi connectivity index (χ2v) is 4.23. The molecule has 5 heteroatoms. The first kappa shape index (κ1) is 12.5. The zero-order valence-electron chi connectivity index (χ0n) is 9.32. The van der Waals surface area contributed by atoms with Crippen LogP contribution in [0.15, 0.2) is 36.4 Å². The van der Waals surface area contributed by atoms with Gasteiger partial charge in [0.05, 0.1) is 5.69 Å². The van der Waals surface area contributed by atoms with Gasteiger partial charge in [-0.15, -0.1) is 0 Å². The Morgan fingerprint density at radius 2 is 1.89 bits per heavy atom. The molecule has 0 aliphatic carbocycles. The molecule has 94 valence electrons. The molecule has 0 fully saturated rings. The first-order valence-electron chi connectivity index (χ1n) is 5.26. The van der Waals surface area contributed by atoms with Crippen LogP contribution in [0.3, 0.4) is 0 Å². The summed E-state index contributed by atoms with van der Waals surface area (Å²) in [4.78, 5) is 0. The lowest BCUT2D eigenvalue weighted by atomic mass is 10.2. The van der Waals surface area contributed by atoms with Crippen LogP contribution >= 0.6 is 11.6 Å². The van der Waals surface area contributed by atoms with E-state index in [0.717, 1.165) is 0 Å². The highest BCUT2D eigenvalue weighted by Crippen LogP contribution is 2.24. The second kappa shape index (κ2) is 5.14. The summed E-state index contributed by atoms with van der Waals surface area (Å²) in [6, 6.07) is 8.55. The zero-order valence-corrected chi connectivity index (χ0v) is 10.1. The maximum Gasteiger partial charge on any atom is 0.147 e. The number of anilines is 1. The molecule has 2 aromatic carbocycles. The quantitative estimate of drug-likeness (QED) is 0.798. The molecule has 2 aromatic rings. The summed E-state index contributed by atoms with van der Waals surface area (Å²) in [6.07, 6.45) is 0. The van der Waals surface area contributed by atoms with E-state index in [2.05, 4.69) is 5.32 Å². The van der Waals surface area contributed by atoms with Crippen LogP contribution in [0.5, 0.6) is 11.5 Å². The monoisotopic (exact) mass is 267 g/mol. The second-order valence-electron chi connectivity index (χ2n) is 3.79. The van der Waals surface area contributed by atoms with Crippen LogP contribution in [0, 0.1) is 5.82 Å². The van der Waals surface area contributed by atoms with Crippen molar-refractivity contribution in [2.45, 2.75) is 6.54 Å². The summed E-state index contributed by atoms with van der Waals surface area (Å²) in [5.74, 6) is -0.522. The molecule has 0 aliphatic heterocycles. The van der Waals surface area contributed by atoms with Crippen molar-refractivity contribution in [2.24, 2.45) is 0 Å². The number of phenolic OH excluding ortho intramolecular Hbond substituents is 2. The van der Waals surface area contributed by atoms with Gasteiger partial charge in [0.2, 0.25) is 0 Å². The van der Waals surface area contributed by atoms with Crippen LogP contribution in [0.1, 0.15) is 5.56 Å². The molecule has 3 N–H and O–H groups in total. The van der Waals surface area contributed by atoms with Crippen LogP contribution in [0.25, 0.3) is 0 Å². The summed E-state index contributed by atoms with van der Waals surface area (Å²) >= 11 is 5.64. The van der Waals surface area contributed by atoms with Crippen molar-refractivity contribution in [1.82, 2.24) is 0 Å². The largest absolute Gasteiger partial charge is 0.508 e. The van der Waals surface area contributed by atoms with Crippen LogP contribution in [0.2, 0.25) is 5.02 Å². The minimum absolute atomic E-state index is 0.0195. The Hall–Kier alpha value is -1.94. The number of nitrogens with one attached hydrogen (secondary N) is 1. The van der Waals surface area contributed by atoms with E-state index in [9.17, 15) is 9.50 Å². The average Bonchev–Trinajstić information content (AvgIpc) is 2.30. The Balaban J connectivity index is 2.11. The van der Waals surface area contributed by atoms with Crippen molar-refractivity contribution in [1.29, 1.82) is 0 Å². The van der Waals surface area contributed by atoms with E-state index in [1.807, 2.05) is 0 Å². The maximum atomic E-state index is 13.5. The molecular weight excluding hydrogens is 257 g/mol. The normalized spacial score (nSPS) is 10.3. The van der Waals surface area contributed by atoms with Gasteiger partial charge in [0, 0.05) is 23.2 Å². The summed E-state index contributed by atoms with van der Waals surface area (Å²) < 4.78 is 13.5. The fraction of sp³-hybridized carbons (Fsp3) is 0.0769. The molecule has 0 bridgehead atoms.